The molecule has 4 heteroatoms. The van der Waals surface area contributed by atoms with Crippen molar-refractivity contribution in [3.8, 4) is 0 Å². The summed E-state index contributed by atoms with van der Waals surface area (Å²) in [6.07, 6.45) is 2.61. The summed E-state index contributed by atoms with van der Waals surface area (Å²) in [5.74, 6) is -0.216. The maximum atomic E-state index is 11.8. The van der Waals surface area contributed by atoms with Gasteiger partial charge in [-0.15, -0.1) is 0 Å². The number of aliphatic carboxylic acids is 1. The molecule has 1 atom stereocenters. The Labute approximate surface area is 110 Å². The molecular formula is C14H27NO3. The van der Waals surface area contributed by atoms with Crippen molar-refractivity contribution in [1.29, 1.82) is 0 Å². The standard InChI is InChI=1S/C14H27NO3/c1-5-12(6-2)14(18)15-9-11(7-10(3)4)8-13(16)17/h10-12H,5-9H2,1-4H3,(H,15,18)(H,16,17). The third-order valence-electron chi connectivity index (χ3n) is 3.19. The average molecular weight is 257 g/mol. The fourth-order valence-electron chi connectivity index (χ4n) is 2.20. The van der Waals surface area contributed by atoms with Crippen LogP contribution in [0.15, 0.2) is 0 Å². The highest BCUT2D eigenvalue weighted by atomic mass is 16.4. The van der Waals surface area contributed by atoms with E-state index < -0.39 is 5.97 Å². The fourth-order valence-corrected chi connectivity index (χ4v) is 2.20. The molecular weight excluding hydrogens is 230 g/mol. The molecule has 0 saturated carbocycles. The highest BCUT2D eigenvalue weighted by Gasteiger charge is 2.18. The van der Waals surface area contributed by atoms with Gasteiger partial charge in [-0.2, -0.15) is 0 Å². The first-order chi connectivity index (χ1) is 8.40. The molecule has 0 aromatic rings. The molecule has 4 nitrogen and oxygen atoms in total. The molecule has 0 heterocycles. The van der Waals surface area contributed by atoms with Gasteiger partial charge >= 0.3 is 5.97 Å². The second-order valence-electron chi connectivity index (χ2n) is 5.35. The molecule has 0 aliphatic heterocycles. The number of carboxylic acid groups (broad SMARTS) is 1. The number of carbonyl (C=O) groups excluding carboxylic acids is 1. The van der Waals surface area contributed by atoms with E-state index in [-0.39, 0.29) is 24.2 Å². The third kappa shape index (κ3) is 7.30. The summed E-state index contributed by atoms with van der Waals surface area (Å²) in [4.78, 5) is 22.6. The van der Waals surface area contributed by atoms with Gasteiger partial charge in [0.15, 0.2) is 0 Å². The molecule has 0 spiro atoms. The number of rotatable bonds is 9. The smallest absolute Gasteiger partial charge is 0.303 e. The first-order valence-electron chi connectivity index (χ1n) is 6.90. The Morgan fingerprint density at radius 2 is 1.72 bits per heavy atom. The Morgan fingerprint density at radius 1 is 1.17 bits per heavy atom. The fraction of sp³-hybridized carbons (Fsp3) is 0.857. The number of nitrogens with one attached hydrogen (secondary N) is 1. The highest BCUT2D eigenvalue weighted by molar-refractivity contribution is 5.78. The van der Waals surface area contributed by atoms with E-state index in [1.807, 2.05) is 13.8 Å². The Bertz CT molecular complexity index is 260. The van der Waals surface area contributed by atoms with E-state index in [4.69, 9.17) is 5.11 Å². The summed E-state index contributed by atoms with van der Waals surface area (Å²) in [7, 11) is 0. The number of amides is 1. The van der Waals surface area contributed by atoms with Crippen LogP contribution in [0.3, 0.4) is 0 Å². The van der Waals surface area contributed by atoms with Gasteiger partial charge < -0.3 is 10.4 Å². The molecule has 0 aliphatic rings. The topological polar surface area (TPSA) is 66.4 Å². The lowest BCUT2D eigenvalue weighted by molar-refractivity contribution is -0.138. The van der Waals surface area contributed by atoms with Crippen molar-refractivity contribution in [2.24, 2.45) is 17.8 Å². The monoisotopic (exact) mass is 257 g/mol. The summed E-state index contributed by atoms with van der Waals surface area (Å²) < 4.78 is 0. The van der Waals surface area contributed by atoms with E-state index in [2.05, 4.69) is 19.2 Å². The third-order valence-corrected chi connectivity index (χ3v) is 3.19. The molecule has 0 fully saturated rings. The van der Waals surface area contributed by atoms with E-state index in [1.165, 1.54) is 0 Å². The van der Waals surface area contributed by atoms with Gasteiger partial charge in [0.1, 0.15) is 0 Å². The van der Waals surface area contributed by atoms with E-state index in [1.54, 1.807) is 0 Å². The summed E-state index contributed by atoms with van der Waals surface area (Å²) in [5.41, 5.74) is 0. The van der Waals surface area contributed by atoms with Gasteiger partial charge in [0.2, 0.25) is 5.91 Å². The van der Waals surface area contributed by atoms with Crippen molar-refractivity contribution in [3.63, 3.8) is 0 Å². The number of hydrogen-bond acceptors (Lipinski definition) is 2. The van der Waals surface area contributed by atoms with Crippen LogP contribution >= 0.6 is 0 Å². The zero-order valence-corrected chi connectivity index (χ0v) is 12.0. The van der Waals surface area contributed by atoms with Crippen molar-refractivity contribution in [2.45, 2.75) is 53.4 Å². The maximum absolute atomic E-state index is 11.8. The van der Waals surface area contributed by atoms with Crippen LogP contribution in [-0.2, 0) is 9.59 Å². The van der Waals surface area contributed by atoms with Gasteiger partial charge in [-0.3, -0.25) is 9.59 Å². The normalized spacial score (nSPS) is 12.8. The second-order valence-corrected chi connectivity index (χ2v) is 5.35. The Morgan fingerprint density at radius 3 is 2.11 bits per heavy atom. The molecule has 0 aliphatic carbocycles. The summed E-state index contributed by atoms with van der Waals surface area (Å²) in [6.45, 7) is 8.60. The summed E-state index contributed by atoms with van der Waals surface area (Å²) in [6, 6.07) is 0. The molecule has 2 N–H and O–H groups in total. The zero-order valence-electron chi connectivity index (χ0n) is 12.0. The first kappa shape index (κ1) is 16.9. The van der Waals surface area contributed by atoms with E-state index in [9.17, 15) is 9.59 Å². The molecule has 0 aromatic heterocycles. The molecule has 1 amide bonds. The lowest BCUT2D eigenvalue weighted by atomic mass is 9.93. The summed E-state index contributed by atoms with van der Waals surface area (Å²) in [5, 5.41) is 11.7. The highest BCUT2D eigenvalue weighted by Crippen LogP contribution is 2.15. The van der Waals surface area contributed by atoms with Gasteiger partial charge in [-0.05, 0) is 31.1 Å². The molecule has 0 saturated heterocycles. The van der Waals surface area contributed by atoms with Gasteiger partial charge in [-0.25, -0.2) is 0 Å². The van der Waals surface area contributed by atoms with Crippen molar-refractivity contribution in [1.82, 2.24) is 5.32 Å². The van der Waals surface area contributed by atoms with E-state index >= 15 is 0 Å². The second kappa shape index (κ2) is 8.95. The maximum Gasteiger partial charge on any atom is 0.303 e. The van der Waals surface area contributed by atoms with Crippen LogP contribution in [0.1, 0.15) is 53.4 Å². The van der Waals surface area contributed by atoms with Crippen LogP contribution in [0, 0.1) is 17.8 Å². The van der Waals surface area contributed by atoms with Crippen LogP contribution in [0.4, 0.5) is 0 Å². The Hall–Kier alpha value is -1.06. The molecule has 0 radical (unpaired) electrons. The first-order valence-corrected chi connectivity index (χ1v) is 6.90. The lowest BCUT2D eigenvalue weighted by Gasteiger charge is -2.19. The number of carbonyl (C=O) groups is 2. The number of hydrogen-bond donors (Lipinski definition) is 2. The van der Waals surface area contributed by atoms with Crippen molar-refractivity contribution < 1.29 is 14.7 Å². The largest absolute Gasteiger partial charge is 0.481 e. The SMILES string of the molecule is CCC(CC)C(=O)NCC(CC(=O)O)CC(C)C. The van der Waals surface area contributed by atoms with Gasteiger partial charge in [0, 0.05) is 18.9 Å². The minimum atomic E-state index is -0.794. The minimum Gasteiger partial charge on any atom is -0.481 e. The Balaban J connectivity index is 4.24. The molecule has 0 rings (SSSR count). The lowest BCUT2D eigenvalue weighted by Crippen LogP contribution is -2.35. The average Bonchev–Trinajstić information content (AvgIpc) is 2.26. The molecule has 1 unspecified atom stereocenters. The van der Waals surface area contributed by atoms with Gasteiger partial charge in [0.25, 0.3) is 0 Å². The molecule has 0 aromatic carbocycles. The van der Waals surface area contributed by atoms with Crippen LogP contribution in [0.5, 0.6) is 0 Å². The number of carboxylic acids is 1. The van der Waals surface area contributed by atoms with Crippen LogP contribution in [0.2, 0.25) is 0 Å². The minimum absolute atomic E-state index is 0.0285. The predicted octanol–water partition coefficient (Wildman–Crippen LogP) is 2.68. The molecule has 106 valence electrons. The van der Waals surface area contributed by atoms with Gasteiger partial charge in [-0.1, -0.05) is 27.7 Å². The molecule has 18 heavy (non-hydrogen) atoms. The van der Waals surface area contributed by atoms with E-state index in [0.717, 1.165) is 19.3 Å². The van der Waals surface area contributed by atoms with Crippen molar-refractivity contribution in [3.05, 3.63) is 0 Å². The molecule has 0 bridgehead atoms. The van der Waals surface area contributed by atoms with E-state index in [0.29, 0.717) is 12.5 Å². The Kier molecular flexibility index (Phi) is 8.42. The van der Waals surface area contributed by atoms with Crippen molar-refractivity contribution in [2.75, 3.05) is 6.54 Å². The predicted molar refractivity (Wildman–Crippen MR) is 72.3 cm³/mol. The van der Waals surface area contributed by atoms with Crippen molar-refractivity contribution >= 4 is 11.9 Å². The van der Waals surface area contributed by atoms with Gasteiger partial charge in [0.05, 0.1) is 0 Å². The summed E-state index contributed by atoms with van der Waals surface area (Å²) >= 11 is 0. The van der Waals surface area contributed by atoms with Crippen LogP contribution in [-0.4, -0.2) is 23.5 Å². The zero-order chi connectivity index (χ0) is 14.1. The van der Waals surface area contributed by atoms with Crippen LogP contribution in [0.25, 0.3) is 0 Å². The van der Waals surface area contributed by atoms with Crippen LogP contribution < -0.4 is 5.32 Å². The quantitative estimate of drug-likeness (QED) is 0.667.